The first-order chi connectivity index (χ1) is 11.4. The SMILES string of the molecule is Cc1cccc(C(=O)NC(C(=O)Nc2cc(C)ccn2)C(C)C)c1. The third kappa shape index (κ3) is 4.65. The molecule has 2 rings (SSSR count). The van der Waals surface area contributed by atoms with Crippen molar-refractivity contribution < 1.29 is 9.59 Å². The van der Waals surface area contributed by atoms with Crippen LogP contribution in [0.25, 0.3) is 0 Å². The summed E-state index contributed by atoms with van der Waals surface area (Å²) in [6, 6.07) is 10.3. The van der Waals surface area contributed by atoms with Crippen LogP contribution in [-0.4, -0.2) is 22.8 Å². The van der Waals surface area contributed by atoms with Crippen molar-refractivity contribution in [3.05, 3.63) is 59.3 Å². The maximum Gasteiger partial charge on any atom is 0.251 e. The lowest BCUT2D eigenvalue weighted by atomic mass is 10.0. The summed E-state index contributed by atoms with van der Waals surface area (Å²) in [7, 11) is 0. The third-order valence-corrected chi connectivity index (χ3v) is 3.68. The van der Waals surface area contributed by atoms with Crippen LogP contribution in [0, 0.1) is 19.8 Å². The summed E-state index contributed by atoms with van der Waals surface area (Å²) < 4.78 is 0. The van der Waals surface area contributed by atoms with E-state index in [-0.39, 0.29) is 17.7 Å². The molecule has 0 spiro atoms. The van der Waals surface area contributed by atoms with Crippen LogP contribution in [-0.2, 0) is 4.79 Å². The lowest BCUT2D eigenvalue weighted by Gasteiger charge is -2.21. The molecule has 0 saturated heterocycles. The molecular weight excluding hydrogens is 302 g/mol. The van der Waals surface area contributed by atoms with Gasteiger partial charge in [-0.25, -0.2) is 4.98 Å². The van der Waals surface area contributed by atoms with Crippen molar-refractivity contribution in [1.29, 1.82) is 0 Å². The smallest absolute Gasteiger partial charge is 0.251 e. The minimum Gasteiger partial charge on any atom is -0.340 e. The van der Waals surface area contributed by atoms with Crippen LogP contribution in [0.3, 0.4) is 0 Å². The quantitative estimate of drug-likeness (QED) is 0.887. The first-order valence-corrected chi connectivity index (χ1v) is 7.98. The summed E-state index contributed by atoms with van der Waals surface area (Å²) in [5.74, 6) is -0.104. The lowest BCUT2D eigenvalue weighted by molar-refractivity contribution is -0.118. The van der Waals surface area contributed by atoms with Gasteiger partial charge in [0.25, 0.3) is 5.91 Å². The van der Waals surface area contributed by atoms with Gasteiger partial charge in [-0.1, -0.05) is 31.5 Å². The predicted molar refractivity (Wildman–Crippen MR) is 94.9 cm³/mol. The lowest BCUT2D eigenvalue weighted by Crippen LogP contribution is -2.47. The molecule has 0 aliphatic heterocycles. The number of pyridine rings is 1. The fourth-order valence-corrected chi connectivity index (χ4v) is 2.35. The van der Waals surface area contributed by atoms with Crippen LogP contribution in [0.2, 0.25) is 0 Å². The monoisotopic (exact) mass is 325 g/mol. The average Bonchev–Trinajstić information content (AvgIpc) is 2.52. The molecule has 2 amide bonds. The third-order valence-electron chi connectivity index (χ3n) is 3.68. The van der Waals surface area contributed by atoms with Gasteiger partial charge in [-0.2, -0.15) is 0 Å². The first kappa shape index (κ1) is 17.7. The van der Waals surface area contributed by atoms with E-state index in [1.54, 1.807) is 24.4 Å². The summed E-state index contributed by atoms with van der Waals surface area (Å²) in [5.41, 5.74) is 2.55. The molecule has 1 aromatic carbocycles. The first-order valence-electron chi connectivity index (χ1n) is 7.98. The number of aryl methyl sites for hydroxylation is 2. The van der Waals surface area contributed by atoms with Crippen molar-refractivity contribution in [2.75, 3.05) is 5.32 Å². The molecule has 5 heteroatoms. The Bertz CT molecular complexity index is 741. The second-order valence-corrected chi connectivity index (χ2v) is 6.27. The molecule has 1 atom stereocenters. The van der Waals surface area contributed by atoms with Gasteiger partial charge in [0.2, 0.25) is 5.91 Å². The van der Waals surface area contributed by atoms with Gasteiger partial charge in [0, 0.05) is 11.8 Å². The molecule has 1 aromatic heterocycles. The molecule has 0 fully saturated rings. The molecule has 24 heavy (non-hydrogen) atoms. The van der Waals surface area contributed by atoms with Crippen molar-refractivity contribution in [1.82, 2.24) is 10.3 Å². The zero-order valence-corrected chi connectivity index (χ0v) is 14.5. The van der Waals surface area contributed by atoms with Crippen molar-refractivity contribution in [2.24, 2.45) is 5.92 Å². The summed E-state index contributed by atoms with van der Waals surface area (Å²) in [5, 5.41) is 5.58. The predicted octanol–water partition coefficient (Wildman–Crippen LogP) is 3.09. The van der Waals surface area contributed by atoms with Crippen LogP contribution in [0.1, 0.15) is 35.3 Å². The molecule has 0 bridgehead atoms. The summed E-state index contributed by atoms with van der Waals surface area (Å²) in [6.07, 6.45) is 1.64. The van der Waals surface area contributed by atoms with Gasteiger partial charge in [-0.3, -0.25) is 9.59 Å². The van der Waals surface area contributed by atoms with Crippen molar-refractivity contribution in [3.63, 3.8) is 0 Å². The average molecular weight is 325 g/mol. The van der Waals surface area contributed by atoms with Gasteiger partial charge >= 0.3 is 0 Å². The fourth-order valence-electron chi connectivity index (χ4n) is 2.35. The summed E-state index contributed by atoms with van der Waals surface area (Å²) >= 11 is 0. The maximum absolute atomic E-state index is 12.5. The molecule has 2 aromatic rings. The van der Waals surface area contributed by atoms with Crippen LogP contribution in [0.4, 0.5) is 5.82 Å². The molecule has 0 saturated carbocycles. The Balaban J connectivity index is 2.11. The topological polar surface area (TPSA) is 71.1 Å². The van der Waals surface area contributed by atoms with E-state index in [0.29, 0.717) is 11.4 Å². The Morgan fingerprint density at radius 2 is 1.75 bits per heavy atom. The van der Waals surface area contributed by atoms with Gasteiger partial charge in [0.15, 0.2) is 0 Å². The van der Waals surface area contributed by atoms with Crippen LogP contribution in [0.15, 0.2) is 42.6 Å². The van der Waals surface area contributed by atoms with Gasteiger partial charge in [-0.15, -0.1) is 0 Å². The maximum atomic E-state index is 12.5. The van der Waals surface area contributed by atoms with Gasteiger partial charge in [0.1, 0.15) is 11.9 Å². The van der Waals surface area contributed by atoms with Crippen LogP contribution >= 0.6 is 0 Å². The van der Waals surface area contributed by atoms with Gasteiger partial charge < -0.3 is 10.6 Å². The van der Waals surface area contributed by atoms with E-state index in [0.717, 1.165) is 11.1 Å². The number of carbonyl (C=O) groups is 2. The number of aromatic nitrogens is 1. The van der Waals surface area contributed by atoms with E-state index in [2.05, 4.69) is 15.6 Å². The van der Waals surface area contributed by atoms with Crippen LogP contribution in [0.5, 0.6) is 0 Å². The number of hydrogen-bond acceptors (Lipinski definition) is 3. The Morgan fingerprint density at radius 3 is 2.38 bits per heavy atom. The number of amides is 2. The Hall–Kier alpha value is -2.69. The van der Waals surface area contributed by atoms with Crippen molar-refractivity contribution in [2.45, 2.75) is 33.7 Å². The molecule has 126 valence electrons. The van der Waals surface area contributed by atoms with Crippen LogP contribution < -0.4 is 10.6 Å². The second-order valence-electron chi connectivity index (χ2n) is 6.27. The summed E-state index contributed by atoms with van der Waals surface area (Å²) in [4.78, 5) is 29.1. The highest BCUT2D eigenvalue weighted by Gasteiger charge is 2.25. The van der Waals surface area contributed by atoms with Gasteiger partial charge in [-0.05, 0) is 49.6 Å². The number of nitrogens with zero attached hydrogens (tertiary/aromatic N) is 1. The van der Waals surface area contributed by atoms with E-state index >= 15 is 0 Å². The van der Waals surface area contributed by atoms with E-state index < -0.39 is 6.04 Å². The Labute approximate surface area is 142 Å². The summed E-state index contributed by atoms with van der Waals surface area (Å²) in [6.45, 7) is 7.64. The van der Waals surface area contributed by atoms with E-state index in [1.807, 2.05) is 45.9 Å². The number of benzene rings is 1. The highest BCUT2D eigenvalue weighted by molar-refractivity contribution is 6.01. The minimum absolute atomic E-state index is 0.0523. The number of nitrogens with one attached hydrogen (secondary N) is 2. The standard InChI is InChI=1S/C19H23N3O2/c1-12(2)17(19(24)21-16-11-14(4)8-9-20-16)22-18(23)15-7-5-6-13(3)10-15/h5-12,17H,1-4H3,(H,22,23)(H,20,21,24). The molecule has 0 aliphatic rings. The minimum atomic E-state index is -0.639. The molecule has 1 heterocycles. The second kappa shape index (κ2) is 7.73. The number of hydrogen-bond donors (Lipinski definition) is 2. The highest BCUT2D eigenvalue weighted by atomic mass is 16.2. The molecule has 0 radical (unpaired) electrons. The number of anilines is 1. The van der Waals surface area contributed by atoms with Crippen molar-refractivity contribution in [3.8, 4) is 0 Å². The van der Waals surface area contributed by atoms with E-state index in [4.69, 9.17) is 0 Å². The molecular formula is C19H23N3O2. The normalized spacial score (nSPS) is 11.9. The van der Waals surface area contributed by atoms with Gasteiger partial charge in [0.05, 0.1) is 0 Å². The fraction of sp³-hybridized carbons (Fsp3) is 0.316. The van der Waals surface area contributed by atoms with E-state index in [9.17, 15) is 9.59 Å². The van der Waals surface area contributed by atoms with Crippen molar-refractivity contribution >= 4 is 17.6 Å². The largest absolute Gasteiger partial charge is 0.340 e. The zero-order valence-electron chi connectivity index (χ0n) is 14.5. The molecule has 2 N–H and O–H groups in total. The zero-order chi connectivity index (χ0) is 17.7. The Morgan fingerprint density at radius 1 is 1.04 bits per heavy atom. The molecule has 5 nitrogen and oxygen atoms in total. The number of rotatable bonds is 5. The van der Waals surface area contributed by atoms with E-state index in [1.165, 1.54) is 0 Å². The number of carbonyl (C=O) groups excluding carboxylic acids is 2. The molecule has 1 unspecified atom stereocenters. The Kier molecular flexibility index (Phi) is 5.68. The molecule has 0 aliphatic carbocycles. The highest BCUT2D eigenvalue weighted by Crippen LogP contribution is 2.11.